The van der Waals surface area contributed by atoms with Gasteiger partial charge in [0, 0.05) is 27.2 Å². The minimum atomic E-state index is 0. The van der Waals surface area contributed by atoms with Crippen LogP contribution in [-0.4, -0.2) is 39.8 Å². The van der Waals surface area contributed by atoms with Crippen molar-refractivity contribution in [2.45, 2.75) is 26.7 Å². The fraction of sp³-hybridized carbons (Fsp3) is 0.909. The predicted molar refractivity (Wildman–Crippen MR) is 80.7 cm³/mol. The highest BCUT2D eigenvalue weighted by atomic mass is 127. The molecule has 0 fully saturated rings. The summed E-state index contributed by atoms with van der Waals surface area (Å²) >= 11 is 0. The van der Waals surface area contributed by atoms with Gasteiger partial charge in [0.25, 0.3) is 0 Å². The Morgan fingerprint density at radius 1 is 1.25 bits per heavy atom. The Morgan fingerprint density at radius 3 is 2.38 bits per heavy atom. The van der Waals surface area contributed by atoms with Gasteiger partial charge in [-0.1, -0.05) is 13.8 Å². The topological polar surface area (TPSA) is 45.7 Å². The second-order valence-corrected chi connectivity index (χ2v) is 3.95. The molecule has 0 aliphatic carbocycles. The number of hydrogen-bond acceptors (Lipinski definition) is 2. The van der Waals surface area contributed by atoms with Crippen molar-refractivity contribution in [3.63, 3.8) is 0 Å². The van der Waals surface area contributed by atoms with Crippen LogP contribution in [0.15, 0.2) is 4.99 Å². The first-order valence-corrected chi connectivity index (χ1v) is 5.64. The molecule has 0 unspecified atom stereocenters. The molecule has 0 aliphatic rings. The van der Waals surface area contributed by atoms with Crippen molar-refractivity contribution >= 4 is 29.9 Å². The monoisotopic (exact) mass is 343 g/mol. The number of guanidine groups is 1. The molecule has 98 valence electrons. The first kappa shape index (κ1) is 18.3. The molecular formula is C11H26IN3O. The zero-order chi connectivity index (χ0) is 11.5. The summed E-state index contributed by atoms with van der Waals surface area (Å²) in [5.41, 5.74) is 0. The first-order valence-electron chi connectivity index (χ1n) is 5.64. The molecule has 0 atom stereocenters. The van der Waals surface area contributed by atoms with E-state index < -0.39 is 0 Å². The molecule has 2 N–H and O–H groups in total. The number of methoxy groups -OCH3 is 1. The highest BCUT2D eigenvalue weighted by molar-refractivity contribution is 14.0. The molecule has 0 amide bonds. The first-order chi connectivity index (χ1) is 7.20. The van der Waals surface area contributed by atoms with Crippen LogP contribution in [0.25, 0.3) is 0 Å². The number of nitrogens with zero attached hydrogens (tertiary/aromatic N) is 1. The standard InChI is InChI=1S/C11H25N3O.HI/c1-10(2)6-5-7-13-11(12-3)14-8-9-15-4;/h10H,5-9H2,1-4H3,(H2,12,13,14);1H. The summed E-state index contributed by atoms with van der Waals surface area (Å²) < 4.78 is 4.95. The van der Waals surface area contributed by atoms with Crippen molar-refractivity contribution in [1.82, 2.24) is 10.6 Å². The van der Waals surface area contributed by atoms with Crippen LogP contribution in [0.3, 0.4) is 0 Å². The predicted octanol–water partition coefficient (Wildman–Crippen LogP) is 1.85. The molecular weight excluding hydrogens is 317 g/mol. The largest absolute Gasteiger partial charge is 0.383 e. The molecule has 0 rings (SSSR count). The lowest BCUT2D eigenvalue weighted by Gasteiger charge is -2.11. The van der Waals surface area contributed by atoms with Crippen LogP contribution in [0, 0.1) is 5.92 Å². The third kappa shape index (κ3) is 12.0. The smallest absolute Gasteiger partial charge is 0.191 e. The number of rotatable bonds is 7. The van der Waals surface area contributed by atoms with Crippen LogP contribution < -0.4 is 10.6 Å². The van der Waals surface area contributed by atoms with Gasteiger partial charge in [0.15, 0.2) is 5.96 Å². The molecule has 0 radical (unpaired) electrons. The Hall–Kier alpha value is -0.0400. The second-order valence-electron chi connectivity index (χ2n) is 3.95. The molecule has 0 bridgehead atoms. The lowest BCUT2D eigenvalue weighted by molar-refractivity contribution is 0.203. The quantitative estimate of drug-likeness (QED) is 0.321. The van der Waals surface area contributed by atoms with Crippen molar-refractivity contribution in [3.8, 4) is 0 Å². The minimum absolute atomic E-state index is 0. The van der Waals surface area contributed by atoms with Gasteiger partial charge in [0.2, 0.25) is 0 Å². The average Bonchev–Trinajstić information content (AvgIpc) is 2.21. The maximum atomic E-state index is 4.95. The molecule has 0 spiro atoms. The van der Waals surface area contributed by atoms with E-state index in [4.69, 9.17) is 4.74 Å². The molecule has 0 aromatic heterocycles. The van der Waals surface area contributed by atoms with Crippen LogP contribution >= 0.6 is 24.0 Å². The normalized spacial score (nSPS) is 11.2. The average molecular weight is 343 g/mol. The van der Waals surface area contributed by atoms with Crippen LogP contribution in [0.4, 0.5) is 0 Å². The van der Waals surface area contributed by atoms with E-state index in [1.807, 2.05) is 0 Å². The van der Waals surface area contributed by atoms with E-state index in [0.29, 0.717) is 6.61 Å². The highest BCUT2D eigenvalue weighted by Gasteiger charge is 1.97. The summed E-state index contributed by atoms with van der Waals surface area (Å²) in [6.07, 6.45) is 2.44. The molecule has 0 heterocycles. The van der Waals surface area contributed by atoms with Crippen LogP contribution in [0.2, 0.25) is 0 Å². The van der Waals surface area contributed by atoms with Gasteiger partial charge in [-0.2, -0.15) is 0 Å². The molecule has 0 aromatic carbocycles. The number of ether oxygens (including phenoxy) is 1. The summed E-state index contributed by atoms with van der Waals surface area (Å²) in [7, 11) is 3.48. The van der Waals surface area contributed by atoms with E-state index in [1.54, 1.807) is 14.2 Å². The lowest BCUT2D eigenvalue weighted by Crippen LogP contribution is -2.39. The number of aliphatic imine (C=N–C) groups is 1. The van der Waals surface area contributed by atoms with Gasteiger partial charge < -0.3 is 15.4 Å². The Bertz CT molecular complexity index is 175. The summed E-state index contributed by atoms with van der Waals surface area (Å²) in [6.45, 7) is 6.95. The van der Waals surface area contributed by atoms with Gasteiger partial charge in [-0.3, -0.25) is 4.99 Å². The molecule has 5 heteroatoms. The summed E-state index contributed by atoms with van der Waals surface area (Å²) in [5, 5.41) is 6.44. The van der Waals surface area contributed by atoms with E-state index >= 15 is 0 Å². The van der Waals surface area contributed by atoms with Crippen molar-refractivity contribution in [2.24, 2.45) is 10.9 Å². The third-order valence-electron chi connectivity index (χ3n) is 2.07. The Kier molecular flexibility index (Phi) is 14.9. The van der Waals surface area contributed by atoms with Gasteiger partial charge in [0.1, 0.15) is 0 Å². The fourth-order valence-corrected chi connectivity index (χ4v) is 1.21. The van der Waals surface area contributed by atoms with Gasteiger partial charge in [-0.25, -0.2) is 0 Å². The maximum Gasteiger partial charge on any atom is 0.191 e. The SMILES string of the molecule is CN=C(NCCCC(C)C)NCCOC.I. The number of halogens is 1. The van der Waals surface area contributed by atoms with Crippen LogP contribution in [0.1, 0.15) is 26.7 Å². The van der Waals surface area contributed by atoms with E-state index in [0.717, 1.165) is 25.0 Å². The third-order valence-corrected chi connectivity index (χ3v) is 2.07. The van der Waals surface area contributed by atoms with Gasteiger partial charge in [-0.05, 0) is 18.8 Å². The van der Waals surface area contributed by atoms with E-state index in [2.05, 4.69) is 29.5 Å². The molecule has 0 saturated heterocycles. The maximum absolute atomic E-state index is 4.95. The Labute approximate surface area is 117 Å². The van der Waals surface area contributed by atoms with Gasteiger partial charge >= 0.3 is 0 Å². The van der Waals surface area contributed by atoms with Crippen LogP contribution in [0.5, 0.6) is 0 Å². The number of nitrogens with one attached hydrogen (secondary N) is 2. The summed E-state index contributed by atoms with van der Waals surface area (Å²) in [5.74, 6) is 1.63. The zero-order valence-corrected chi connectivity index (χ0v) is 13.2. The van der Waals surface area contributed by atoms with Crippen molar-refractivity contribution in [2.75, 3.05) is 33.9 Å². The molecule has 0 aliphatic heterocycles. The molecule has 4 nitrogen and oxygen atoms in total. The molecule has 16 heavy (non-hydrogen) atoms. The molecule has 0 aromatic rings. The minimum Gasteiger partial charge on any atom is -0.383 e. The Balaban J connectivity index is 0. The second kappa shape index (κ2) is 13.0. The zero-order valence-electron chi connectivity index (χ0n) is 10.9. The van der Waals surface area contributed by atoms with Crippen molar-refractivity contribution in [3.05, 3.63) is 0 Å². The highest BCUT2D eigenvalue weighted by Crippen LogP contribution is 2.01. The fourth-order valence-electron chi connectivity index (χ4n) is 1.21. The van der Waals surface area contributed by atoms with Crippen molar-refractivity contribution < 1.29 is 4.74 Å². The van der Waals surface area contributed by atoms with Crippen LogP contribution in [-0.2, 0) is 4.74 Å². The van der Waals surface area contributed by atoms with E-state index in [9.17, 15) is 0 Å². The van der Waals surface area contributed by atoms with E-state index in [1.165, 1.54) is 12.8 Å². The Morgan fingerprint density at radius 2 is 1.88 bits per heavy atom. The summed E-state index contributed by atoms with van der Waals surface area (Å²) in [6, 6.07) is 0. The molecule has 0 saturated carbocycles. The van der Waals surface area contributed by atoms with Gasteiger partial charge in [0.05, 0.1) is 6.61 Å². The van der Waals surface area contributed by atoms with Crippen molar-refractivity contribution in [1.29, 1.82) is 0 Å². The van der Waals surface area contributed by atoms with E-state index in [-0.39, 0.29) is 24.0 Å². The lowest BCUT2D eigenvalue weighted by atomic mass is 10.1. The number of hydrogen-bond donors (Lipinski definition) is 2. The summed E-state index contributed by atoms with van der Waals surface area (Å²) in [4.78, 5) is 4.12. The van der Waals surface area contributed by atoms with Gasteiger partial charge in [-0.15, -0.1) is 24.0 Å².